The first-order valence-electron chi connectivity index (χ1n) is 7.72. The Morgan fingerprint density at radius 2 is 1.48 bits per heavy atom. The van der Waals surface area contributed by atoms with Crippen molar-refractivity contribution in [2.24, 2.45) is 0 Å². The summed E-state index contributed by atoms with van der Waals surface area (Å²) in [6.45, 7) is 1.99. The number of nitrogen functional groups attached to an aromatic ring is 2. The molecule has 0 amide bonds. The highest BCUT2D eigenvalue weighted by molar-refractivity contribution is 5.91. The van der Waals surface area contributed by atoms with E-state index >= 15 is 0 Å². The number of aromatic carboxylic acids is 1. The summed E-state index contributed by atoms with van der Waals surface area (Å²) in [7, 11) is 0. The number of nitrogens with two attached hydrogens (primary N) is 2. The monoisotopic (exact) mass is 369 g/mol. The van der Waals surface area contributed by atoms with Crippen LogP contribution in [0.3, 0.4) is 0 Å². The average Bonchev–Trinajstić information content (AvgIpc) is 2.63. The second kappa shape index (κ2) is 10.2. The van der Waals surface area contributed by atoms with Gasteiger partial charge in [-0.1, -0.05) is 17.7 Å². The van der Waals surface area contributed by atoms with Gasteiger partial charge in [-0.05, 0) is 55.5 Å². The summed E-state index contributed by atoms with van der Waals surface area (Å²) in [5.41, 5.74) is 12.5. The van der Waals surface area contributed by atoms with Crippen molar-refractivity contribution in [1.82, 2.24) is 0 Å². The molecule has 0 atom stereocenters. The smallest absolute Gasteiger partial charge is 0.339 e. The van der Waals surface area contributed by atoms with E-state index in [1.54, 1.807) is 18.2 Å². The molecular formula is C20H21N2O5. The Hall–Kier alpha value is -3.87. The number of aryl methyl sites for hydroxylation is 1. The number of carboxylic acids is 1. The number of carbonyl (C=O) groups is 1. The fourth-order valence-corrected chi connectivity index (χ4v) is 1.70. The van der Waals surface area contributed by atoms with Crippen LogP contribution in [0.2, 0.25) is 0 Å². The molecule has 0 saturated heterocycles. The maximum atomic E-state index is 10.4. The fraction of sp³-hybridized carbons (Fsp3) is 0.0500. The molecule has 7 nitrogen and oxygen atoms in total. The van der Waals surface area contributed by atoms with E-state index in [0.29, 0.717) is 17.1 Å². The summed E-state index contributed by atoms with van der Waals surface area (Å²) in [4.78, 5) is 10.4. The van der Waals surface area contributed by atoms with E-state index in [1.165, 1.54) is 35.9 Å². The molecule has 0 bridgehead atoms. The zero-order chi connectivity index (χ0) is 20.4. The van der Waals surface area contributed by atoms with Crippen LogP contribution in [0.5, 0.6) is 17.2 Å². The van der Waals surface area contributed by atoms with Gasteiger partial charge < -0.3 is 31.9 Å². The van der Waals surface area contributed by atoms with E-state index in [1.807, 2.05) is 19.1 Å². The summed E-state index contributed by atoms with van der Waals surface area (Å²) in [5, 5.41) is 34.8. The van der Waals surface area contributed by atoms with Crippen molar-refractivity contribution < 1.29 is 25.2 Å². The van der Waals surface area contributed by atoms with Gasteiger partial charge in [-0.2, -0.15) is 0 Å². The largest absolute Gasteiger partial charge is 0.508 e. The van der Waals surface area contributed by atoms with E-state index in [2.05, 4.69) is 6.07 Å². The molecular weight excluding hydrogens is 348 g/mol. The topological polar surface area (TPSA) is 150 Å². The van der Waals surface area contributed by atoms with Crippen LogP contribution in [0.25, 0.3) is 0 Å². The molecule has 0 aliphatic heterocycles. The summed E-state index contributed by atoms with van der Waals surface area (Å²) < 4.78 is 0. The third-order valence-electron chi connectivity index (χ3n) is 3.11. The number of aromatic hydroxyl groups is 3. The lowest BCUT2D eigenvalue weighted by Crippen LogP contribution is -1.97. The van der Waals surface area contributed by atoms with Crippen LogP contribution >= 0.6 is 0 Å². The first-order valence-corrected chi connectivity index (χ1v) is 7.72. The predicted octanol–water partition coefficient (Wildman–Crippen LogP) is 3.15. The van der Waals surface area contributed by atoms with Crippen molar-refractivity contribution in [3.63, 3.8) is 0 Å². The van der Waals surface area contributed by atoms with Gasteiger partial charge in [-0.15, -0.1) is 0 Å². The van der Waals surface area contributed by atoms with Crippen molar-refractivity contribution in [3.8, 4) is 17.2 Å². The van der Waals surface area contributed by atoms with Gasteiger partial charge >= 0.3 is 5.97 Å². The maximum absolute atomic E-state index is 10.4. The number of rotatable bonds is 1. The molecule has 0 unspecified atom stereocenters. The van der Waals surface area contributed by atoms with Crippen LogP contribution in [0.1, 0.15) is 15.9 Å². The van der Waals surface area contributed by atoms with Crippen molar-refractivity contribution >= 4 is 17.3 Å². The van der Waals surface area contributed by atoms with E-state index in [0.717, 1.165) is 0 Å². The number of phenolic OH excluding ortho intramolecular Hbond substituents is 2. The first kappa shape index (κ1) is 21.2. The SMILES string of the molecule is Cc1ccc(O)cc1.Nc1c[c]c(O)cc1.Nc1ccc(O)c(C(=O)O)c1. The highest BCUT2D eigenvalue weighted by atomic mass is 16.4. The third kappa shape index (κ3) is 8.17. The molecule has 7 heteroatoms. The van der Waals surface area contributed by atoms with Crippen LogP contribution in [-0.4, -0.2) is 26.4 Å². The molecule has 0 aliphatic carbocycles. The Kier molecular flexibility index (Phi) is 8.00. The standard InChI is InChI=1S/C7H7NO3.C7H8O.C6H6NO/c8-4-1-2-6(9)5(3-4)7(10)11;1-6-2-4-7(8)5-3-6;7-5-1-3-6(8)4-2-5/h1-3,9H,8H2,(H,10,11);2-5,8H,1H3;1-3,8H,7H2. The molecule has 0 aliphatic rings. The summed E-state index contributed by atoms with van der Waals surface area (Å²) in [6, 6.07) is 18.1. The van der Waals surface area contributed by atoms with Crippen LogP contribution < -0.4 is 11.5 Å². The van der Waals surface area contributed by atoms with Crippen LogP contribution in [0, 0.1) is 13.0 Å². The first-order chi connectivity index (χ1) is 12.7. The van der Waals surface area contributed by atoms with Gasteiger partial charge in [-0.25, -0.2) is 4.79 Å². The highest BCUT2D eigenvalue weighted by Gasteiger charge is 2.08. The van der Waals surface area contributed by atoms with Gasteiger partial charge in [0.15, 0.2) is 0 Å². The van der Waals surface area contributed by atoms with E-state index in [4.69, 9.17) is 31.9 Å². The minimum atomic E-state index is -1.19. The lowest BCUT2D eigenvalue weighted by Gasteiger charge is -1.98. The Bertz CT molecular complexity index is 777. The normalized spacial score (nSPS) is 9.22. The molecule has 3 aromatic rings. The predicted molar refractivity (Wildman–Crippen MR) is 104 cm³/mol. The van der Waals surface area contributed by atoms with Gasteiger partial charge in [0.05, 0.1) is 0 Å². The second-order valence-electron chi connectivity index (χ2n) is 5.42. The quantitative estimate of drug-likeness (QED) is 0.285. The number of phenols is 3. The number of hydrogen-bond acceptors (Lipinski definition) is 6. The minimum absolute atomic E-state index is 0.124. The van der Waals surface area contributed by atoms with Crippen molar-refractivity contribution in [3.05, 3.63) is 77.9 Å². The van der Waals surface area contributed by atoms with Gasteiger partial charge in [-0.3, -0.25) is 0 Å². The zero-order valence-electron chi connectivity index (χ0n) is 14.6. The Labute approximate surface area is 156 Å². The molecule has 27 heavy (non-hydrogen) atoms. The van der Waals surface area contributed by atoms with Crippen molar-refractivity contribution in [1.29, 1.82) is 0 Å². The highest BCUT2D eigenvalue weighted by Crippen LogP contribution is 2.19. The Morgan fingerprint density at radius 3 is 1.89 bits per heavy atom. The molecule has 8 N–H and O–H groups in total. The molecule has 3 rings (SSSR count). The fourth-order valence-electron chi connectivity index (χ4n) is 1.70. The second-order valence-corrected chi connectivity index (χ2v) is 5.42. The number of carboxylic acid groups (broad SMARTS) is 1. The number of benzene rings is 3. The van der Waals surface area contributed by atoms with Gasteiger partial charge in [0, 0.05) is 17.4 Å². The molecule has 0 heterocycles. The van der Waals surface area contributed by atoms with Crippen molar-refractivity contribution in [2.45, 2.75) is 6.92 Å². The molecule has 1 radical (unpaired) electrons. The van der Waals surface area contributed by atoms with Crippen LogP contribution in [0.4, 0.5) is 11.4 Å². The van der Waals surface area contributed by atoms with E-state index < -0.39 is 5.97 Å². The van der Waals surface area contributed by atoms with Crippen LogP contribution in [0.15, 0.2) is 60.7 Å². The van der Waals surface area contributed by atoms with Crippen molar-refractivity contribution in [2.75, 3.05) is 11.5 Å². The number of anilines is 2. The summed E-state index contributed by atoms with van der Waals surface area (Å²) in [5.74, 6) is -1.00. The molecule has 141 valence electrons. The Balaban J connectivity index is 0.000000206. The maximum Gasteiger partial charge on any atom is 0.339 e. The van der Waals surface area contributed by atoms with Gasteiger partial charge in [0.2, 0.25) is 0 Å². The molecule has 0 spiro atoms. The van der Waals surface area contributed by atoms with Gasteiger partial charge in [0.25, 0.3) is 0 Å². The minimum Gasteiger partial charge on any atom is -0.508 e. The molecule has 0 fully saturated rings. The summed E-state index contributed by atoms with van der Waals surface area (Å²) in [6.07, 6.45) is 0. The lowest BCUT2D eigenvalue weighted by atomic mass is 10.2. The molecule has 3 aromatic carbocycles. The van der Waals surface area contributed by atoms with E-state index in [9.17, 15) is 4.79 Å². The zero-order valence-corrected chi connectivity index (χ0v) is 14.6. The summed E-state index contributed by atoms with van der Waals surface area (Å²) >= 11 is 0. The average molecular weight is 369 g/mol. The number of hydrogen-bond donors (Lipinski definition) is 6. The third-order valence-corrected chi connectivity index (χ3v) is 3.11. The molecule has 0 aromatic heterocycles. The van der Waals surface area contributed by atoms with E-state index in [-0.39, 0.29) is 17.1 Å². The van der Waals surface area contributed by atoms with Crippen LogP contribution in [-0.2, 0) is 0 Å². The lowest BCUT2D eigenvalue weighted by molar-refractivity contribution is 0.0694. The Morgan fingerprint density at radius 1 is 0.889 bits per heavy atom. The van der Waals surface area contributed by atoms with Gasteiger partial charge in [0.1, 0.15) is 22.8 Å². The molecule has 0 saturated carbocycles.